The van der Waals surface area contributed by atoms with Crippen LogP contribution in [0.25, 0.3) is 33.4 Å². The SMILES string of the molecule is CNc1ccc(-c2c(-c3cnn(C)c3)n(S(=O)(=O)c3ccccc3)c3ncc4c(c23)C2(CCNCC2)OC4)cc1C=N. The highest BCUT2D eigenvalue weighted by atomic mass is 32.2. The molecule has 2 aliphatic rings. The van der Waals surface area contributed by atoms with Gasteiger partial charge in [0, 0.05) is 71.6 Å². The molecule has 0 saturated carbocycles. The fourth-order valence-corrected chi connectivity index (χ4v) is 8.00. The van der Waals surface area contributed by atoms with E-state index in [4.69, 9.17) is 15.1 Å². The monoisotopic (exact) mass is 581 g/mol. The fraction of sp³-hybridized carbons (Fsp3) is 0.258. The molecular formula is C31H31N7O3S. The van der Waals surface area contributed by atoms with Crippen LogP contribution in [-0.4, -0.2) is 53.5 Å². The molecule has 1 saturated heterocycles. The van der Waals surface area contributed by atoms with Crippen molar-refractivity contribution in [3.63, 3.8) is 0 Å². The van der Waals surface area contributed by atoms with E-state index in [0.29, 0.717) is 29.1 Å². The number of piperidine rings is 1. The van der Waals surface area contributed by atoms with Gasteiger partial charge in [-0.15, -0.1) is 0 Å². The summed E-state index contributed by atoms with van der Waals surface area (Å²) in [7, 11) is -0.478. The van der Waals surface area contributed by atoms with Gasteiger partial charge in [0.1, 0.15) is 0 Å². The summed E-state index contributed by atoms with van der Waals surface area (Å²) < 4.78 is 38.8. The Morgan fingerprint density at radius 1 is 1.10 bits per heavy atom. The highest BCUT2D eigenvalue weighted by molar-refractivity contribution is 7.90. The molecule has 3 N–H and O–H groups in total. The molecular weight excluding hydrogens is 550 g/mol. The number of nitrogens with zero attached hydrogens (tertiary/aromatic N) is 4. The normalized spacial score (nSPS) is 16.1. The van der Waals surface area contributed by atoms with Crippen molar-refractivity contribution < 1.29 is 13.2 Å². The largest absolute Gasteiger partial charge is 0.388 e. The van der Waals surface area contributed by atoms with Crippen molar-refractivity contribution in [3.8, 4) is 22.4 Å². The number of pyridine rings is 1. The second-order valence-corrected chi connectivity index (χ2v) is 12.6. The molecule has 3 aromatic heterocycles. The van der Waals surface area contributed by atoms with Gasteiger partial charge in [-0.2, -0.15) is 5.10 Å². The Balaban J connectivity index is 1.68. The van der Waals surface area contributed by atoms with Gasteiger partial charge in [0.05, 0.1) is 29.0 Å². The highest BCUT2D eigenvalue weighted by Gasteiger charge is 2.45. The molecule has 5 aromatic rings. The van der Waals surface area contributed by atoms with Gasteiger partial charge in [0.15, 0.2) is 5.65 Å². The summed E-state index contributed by atoms with van der Waals surface area (Å²) in [5, 5.41) is 19.9. The number of nitrogens with one attached hydrogen (secondary N) is 3. The van der Waals surface area contributed by atoms with Crippen LogP contribution in [0.2, 0.25) is 0 Å². The molecule has 2 aromatic carbocycles. The number of benzene rings is 2. The smallest absolute Gasteiger partial charge is 0.269 e. The minimum absolute atomic E-state index is 0.166. The van der Waals surface area contributed by atoms with Crippen LogP contribution in [0, 0.1) is 5.41 Å². The van der Waals surface area contributed by atoms with Crippen LogP contribution >= 0.6 is 0 Å². The quantitative estimate of drug-likeness (QED) is 0.252. The van der Waals surface area contributed by atoms with Crippen molar-refractivity contribution in [2.24, 2.45) is 7.05 Å². The molecule has 0 aliphatic carbocycles. The number of rotatable bonds is 6. The minimum Gasteiger partial charge on any atom is -0.388 e. The van der Waals surface area contributed by atoms with E-state index in [0.717, 1.165) is 59.3 Å². The molecule has 0 amide bonds. The molecule has 1 spiro atoms. The summed E-state index contributed by atoms with van der Waals surface area (Å²) in [6.07, 6.45) is 8.12. The van der Waals surface area contributed by atoms with Gasteiger partial charge in [0.25, 0.3) is 10.0 Å². The minimum atomic E-state index is -4.10. The maximum atomic E-state index is 14.6. The fourth-order valence-electron chi connectivity index (χ4n) is 6.48. The predicted octanol–water partition coefficient (Wildman–Crippen LogP) is 4.49. The zero-order chi connectivity index (χ0) is 29.1. The molecule has 214 valence electrons. The van der Waals surface area contributed by atoms with E-state index < -0.39 is 15.6 Å². The number of hydrogen-bond acceptors (Lipinski definition) is 8. The van der Waals surface area contributed by atoms with Gasteiger partial charge in [-0.3, -0.25) is 4.68 Å². The number of hydrogen-bond donors (Lipinski definition) is 3. The van der Waals surface area contributed by atoms with Crippen LogP contribution in [0.15, 0.2) is 72.0 Å². The third-order valence-corrected chi connectivity index (χ3v) is 10.1. The molecule has 0 atom stereocenters. The van der Waals surface area contributed by atoms with Crippen molar-refractivity contribution in [2.75, 3.05) is 25.5 Å². The van der Waals surface area contributed by atoms with Crippen LogP contribution in [-0.2, 0) is 34.0 Å². The average Bonchev–Trinajstić information content (AvgIpc) is 3.71. The Hall–Kier alpha value is -4.32. The zero-order valence-corrected chi connectivity index (χ0v) is 24.2. The molecule has 0 bridgehead atoms. The summed E-state index contributed by atoms with van der Waals surface area (Å²) in [5.41, 5.74) is 5.90. The Bertz CT molecular complexity index is 1950. The topological polar surface area (TPSA) is 127 Å². The van der Waals surface area contributed by atoms with Crippen LogP contribution in [0.3, 0.4) is 0 Å². The number of ether oxygens (including phenoxy) is 1. The highest BCUT2D eigenvalue weighted by Crippen LogP contribution is 2.52. The standard InChI is InChI=1S/C31H31N7O3S/c1-33-25-9-8-20(14-21(25)15-32)26-27-28-23(19-41-31(28)10-12-34-13-11-31)16-35-30(27)38(29(26)22-17-36-37(2)18-22)42(39,40)24-6-4-3-5-7-24/h3-9,14-18,32-34H,10-13,19H2,1-2H3. The van der Waals surface area contributed by atoms with Gasteiger partial charge >= 0.3 is 0 Å². The van der Waals surface area contributed by atoms with Gasteiger partial charge in [-0.1, -0.05) is 24.3 Å². The lowest BCUT2D eigenvalue weighted by atomic mass is 9.81. The number of fused-ring (bicyclic) bond motifs is 4. The van der Waals surface area contributed by atoms with Crippen molar-refractivity contribution in [1.82, 2.24) is 24.1 Å². The van der Waals surface area contributed by atoms with Crippen molar-refractivity contribution >= 4 is 33.0 Å². The second kappa shape index (κ2) is 9.90. The first-order valence-electron chi connectivity index (χ1n) is 13.9. The number of aryl methyl sites for hydroxylation is 1. The van der Waals surface area contributed by atoms with E-state index in [1.807, 2.05) is 38.5 Å². The first-order valence-corrected chi connectivity index (χ1v) is 15.4. The van der Waals surface area contributed by atoms with Gasteiger partial charge in [-0.25, -0.2) is 17.4 Å². The van der Waals surface area contributed by atoms with Crippen molar-refractivity contribution in [3.05, 3.63) is 83.8 Å². The lowest BCUT2D eigenvalue weighted by Gasteiger charge is -2.34. The maximum Gasteiger partial charge on any atom is 0.269 e. The molecule has 0 unspecified atom stereocenters. The summed E-state index contributed by atoms with van der Waals surface area (Å²) in [4.78, 5) is 5.01. The van der Waals surface area contributed by atoms with E-state index in [1.54, 1.807) is 47.4 Å². The van der Waals surface area contributed by atoms with Gasteiger partial charge in [-0.05, 0) is 55.8 Å². The van der Waals surface area contributed by atoms with E-state index in [1.165, 1.54) is 10.2 Å². The van der Waals surface area contributed by atoms with Crippen molar-refractivity contribution in [1.29, 1.82) is 5.41 Å². The van der Waals surface area contributed by atoms with Crippen LogP contribution in [0.5, 0.6) is 0 Å². The average molecular weight is 582 g/mol. The molecule has 42 heavy (non-hydrogen) atoms. The van der Waals surface area contributed by atoms with E-state index in [2.05, 4.69) is 15.7 Å². The third kappa shape index (κ3) is 3.92. The summed E-state index contributed by atoms with van der Waals surface area (Å²) >= 11 is 0. The third-order valence-electron chi connectivity index (χ3n) is 8.42. The second-order valence-electron chi connectivity index (χ2n) is 10.8. The molecule has 0 radical (unpaired) electrons. The van der Waals surface area contributed by atoms with Crippen molar-refractivity contribution in [2.45, 2.75) is 29.9 Å². The number of anilines is 1. The first kappa shape index (κ1) is 26.6. The van der Waals surface area contributed by atoms with Crippen LogP contribution in [0.4, 0.5) is 5.69 Å². The van der Waals surface area contributed by atoms with Gasteiger partial charge in [0.2, 0.25) is 0 Å². The lowest BCUT2D eigenvalue weighted by Crippen LogP contribution is -2.39. The molecule has 2 aliphatic heterocycles. The molecule has 1 fully saturated rings. The molecule has 7 rings (SSSR count). The van der Waals surface area contributed by atoms with Gasteiger partial charge < -0.3 is 20.8 Å². The number of aromatic nitrogens is 4. The molecule has 5 heterocycles. The lowest BCUT2D eigenvalue weighted by molar-refractivity contribution is -0.0582. The zero-order valence-electron chi connectivity index (χ0n) is 23.4. The summed E-state index contributed by atoms with van der Waals surface area (Å²) in [6.45, 7) is 2.01. The summed E-state index contributed by atoms with van der Waals surface area (Å²) in [6, 6.07) is 14.3. The van der Waals surface area contributed by atoms with Crippen LogP contribution in [0.1, 0.15) is 29.5 Å². The Morgan fingerprint density at radius 3 is 2.57 bits per heavy atom. The summed E-state index contributed by atoms with van der Waals surface area (Å²) in [5.74, 6) is 0. The van der Waals surface area contributed by atoms with Crippen LogP contribution < -0.4 is 10.6 Å². The van der Waals surface area contributed by atoms with E-state index >= 15 is 0 Å². The first-order chi connectivity index (χ1) is 20.4. The Labute approximate surface area is 243 Å². The predicted molar refractivity (Wildman–Crippen MR) is 162 cm³/mol. The Kier molecular flexibility index (Phi) is 6.26. The maximum absolute atomic E-state index is 14.6. The Morgan fingerprint density at radius 2 is 1.88 bits per heavy atom. The molecule has 11 heteroatoms. The van der Waals surface area contributed by atoms with E-state index in [-0.39, 0.29) is 4.90 Å². The molecule has 10 nitrogen and oxygen atoms in total. The van der Waals surface area contributed by atoms with E-state index in [9.17, 15) is 8.42 Å².